The summed E-state index contributed by atoms with van der Waals surface area (Å²) in [6, 6.07) is 11.7. The number of rotatable bonds is 2. The van der Waals surface area contributed by atoms with Crippen molar-refractivity contribution in [2.45, 2.75) is 13.0 Å². The van der Waals surface area contributed by atoms with Crippen molar-refractivity contribution in [1.29, 1.82) is 0 Å². The van der Waals surface area contributed by atoms with Crippen LogP contribution in [0, 0.1) is 0 Å². The zero-order chi connectivity index (χ0) is 13.4. The van der Waals surface area contributed by atoms with E-state index in [-0.39, 0.29) is 0 Å². The summed E-state index contributed by atoms with van der Waals surface area (Å²) in [6.07, 6.45) is 1.03. The molecule has 0 amide bonds. The molecule has 1 aliphatic rings. The van der Waals surface area contributed by atoms with Crippen molar-refractivity contribution >= 4 is 34.6 Å². The predicted octanol–water partition coefficient (Wildman–Crippen LogP) is 4.14. The van der Waals surface area contributed by atoms with Crippen LogP contribution in [0.15, 0.2) is 36.4 Å². The molecule has 19 heavy (non-hydrogen) atoms. The lowest BCUT2D eigenvalue weighted by Gasteiger charge is -2.21. The van der Waals surface area contributed by atoms with Gasteiger partial charge in [-0.3, -0.25) is 0 Å². The summed E-state index contributed by atoms with van der Waals surface area (Å²) < 4.78 is 0. The Morgan fingerprint density at radius 2 is 2.00 bits per heavy atom. The van der Waals surface area contributed by atoms with Crippen LogP contribution in [0.4, 0.5) is 11.4 Å². The molecule has 0 spiro atoms. The normalized spacial score (nSPS) is 13.7. The van der Waals surface area contributed by atoms with Crippen LogP contribution in [0.5, 0.6) is 0 Å². The number of nitrogen functional groups attached to an aromatic ring is 1. The Morgan fingerprint density at radius 3 is 2.79 bits per heavy atom. The lowest BCUT2D eigenvalue weighted by Crippen LogP contribution is -2.20. The van der Waals surface area contributed by atoms with E-state index in [9.17, 15) is 0 Å². The maximum absolute atomic E-state index is 6.23. The Hall–Kier alpha value is -1.38. The van der Waals surface area contributed by atoms with E-state index in [1.54, 1.807) is 6.07 Å². The minimum Gasteiger partial charge on any atom is -0.397 e. The zero-order valence-electron chi connectivity index (χ0n) is 10.4. The molecule has 0 aromatic heterocycles. The second-order valence-corrected chi connectivity index (χ2v) is 5.61. The number of nitrogens with zero attached hydrogens (tertiary/aromatic N) is 1. The monoisotopic (exact) mass is 292 g/mol. The third-order valence-electron chi connectivity index (χ3n) is 3.49. The molecule has 0 saturated carbocycles. The molecular weight excluding hydrogens is 279 g/mol. The molecule has 0 unspecified atom stereocenters. The summed E-state index contributed by atoms with van der Waals surface area (Å²) in [5.41, 5.74) is 10.4. The van der Waals surface area contributed by atoms with E-state index < -0.39 is 0 Å². The fraction of sp³-hybridized carbons (Fsp3) is 0.200. The number of para-hydroxylation sites is 1. The molecule has 4 heteroatoms. The Labute approximate surface area is 122 Å². The lowest BCUT2D eigenvalue weighted by molar-refractivity contribution is 0.837. The van der Waals surface area contributed by atoms with E-state index in [2.05, 4.69) is 11.0 Å². The van der Waals surface area contributed by atoms with Gasteiger partial charge in [-0.15, -0.1) is 0 Å². The van der Waals surface area contributed by atoms with Crippen LogP contribution >= 0.6 is 23.2 Å². The quantitative estimate of drug-likeness (QED) is 0.843. The van der Waals surface area contributed by atoms with E-state index in [1.165, 1.54) is 5.56 Å². The Morgan fingerprint density at radius 1 is 1.16 bits per heavy atom. The third kappa shape index (κ3) is 2.38. The van der Waals surface area contributed by atoms with Crippen molar-refractivity contribution < 1.29 is 0 Å². The van der Waals surface area contributed by atoms with E-state index >= 15 is 0 Å². The second kappa shape index (κ2) is 4.95. The van der Waals surface area contributed by atoms with Gasteiger partial charge in [-0.2, -0.15) is 0 Å². The van der Waals surface area contributed by atoms with Crippen molar-refractivity contribution in [3.05, 3.63) is 57.6 Å². The molecule has 1 heterocycles. The SMILES string of the molecule is Nc1cccc2c1N(Cc1ccc(Cl)cc1Cl)CC2. The molecule has 2 aromatic rings. The van der Waals surface area contributed by atoms with Crippen LogP contribution < -0.4 is 10.6 Å². The van der Waals surface area contributed by atoms with Gasteiger partial charge in [-0.1, -0.05) is 41.4 Å². The highest BCUT2D eigenvalue weighted by Gasteiger charge is 2.21. The standard InChI is InChI=1S/C15H14Cl2N2/c16-12-5-4-11(13(17)8-12)9-19-7-6-10-2-1-3-14(18)15(10)19/h1-5,8H,6-7,9,18H2. The average Bonchev–Trinajstić information content (AvgIpc) is 2.77. The van der Waals surface area contributed by atoms with Crippen LogP contribution in [0.1, 0.15) is 11.1 Å². The Bertz CT molecular complexity index is 626. The summed E-state index contributed by atoms with van der Waals surface area (Å²) in [4.78, 5) is 2.28. The van der Waals surface area contributed by atoms with Gasteiger partial charge in [0, 0.05) is 23.1 Å². The van der Waals surface area contributed by atoms with Crippen molar-refractivity contribution in [2.75, 3.05) is 17.2 Å². The number of hydrogen-bond donors (Lipinski definition) is 1. The first-order valence-electron chi connectivity index (χ1n) is 6.21. The van der Waals surface area contributed by atoms with Gasteiger partial charge in [0.2, 0.25) is 0 Å². The first-order valence-corrected chi connectivity index (χ1v) is 6.97. The van der Waals surface area contributed by atoms with E-state index in [4.69, 9.17) is 28.9 Å². The largest absolute Gasteiger partial charge is 0.397 e. The predicted molar refractivity (Wildman–Crippen MR) is 82.1 cm³/mol. The average molecular weight is 293 g/mol. The topological polar surface area (TPSA) is 29.3 Å². The molecule has 2 aromatic carbocycles. The van der Waals surface area contributed by atoms with Crippen LogP contribution in [-0.4, -0.2) is 6.54 Å². The molecule has 1 aliphatic heterocycles. The summed E-state index contributed by atoms with van der Waals surface area (Å²) >= 11 is 12.2. The number of halogens is 2. The van der Waals surface area contributed by atoms with Gasteiger partial charge in [0.05, 0.1) is 11.4 Å². The molecule has 0 saturated heterocycles. The van der Waals surface area contributed by atoms with E-state index in [0.717, 1.165) is 36.4 Å². The van der Waals surface area contributed by atoms with Gasteiger partial charge in [0.25, 0.3) is 0 Å². The van der Waals surface area contributed by atoms with Crippen LogP contribution in [0.25, 0.3) is 0 Å². The molecule has 98 valence electrons. The van der Waals surface area contributed by atoms with Gasteiger partial charge in [-0.25, -0.2) is 0 Å². The fourth-order valence-electron chi connectivity index (χ4n) is 2.58. The van der Waals surface area contributed by atoms with Gasteiger partial charge < -0.3 is 10.6 Å². The summed E-state index contributed by atoms with van der Waals surface area (Å²) in [6.45, 7) is 1.74. The lowest BCUT2D eigenvalue weighted by atomic mass is 10.1. The van der Waals surface area contributed by atoms with Crippen LogP contribution in [0.2, 0.25) is 10.0 Å². The highest BCUT2D eigenvalue weighted by molar-refractivity contribution is 6.35. The van der Waals surface area contributed by atoms with Crippen molar-refractivity contribution in [1.82, 2.24) is 0 Å². The molecule has 0 aliphatic carbocycles. The smallest absolute Gasteiger partial charge is 0.0636 e. The maximum atomic E-state index is 6.23. The van der Waals surface area contributed by atoms with E-state index in [1.807, 2.05) is 24.3 Å². The zero-order valence-corrected chi connectivity index (χ0v) is 11.9. The number of hydrogen-bond acceptors (Lipinski definition) is 2. The van der Waals surface area contributed by atoms with Crippen molar-refractivity contribution in [2.24, 2.45) is 0 Å². The van der Waals surface area contributed by atoms with Gasteiger partial charge in [-0.05, 0) is 35.7 Å². The highest BCUT2D eigenvalue weighted by Crippen LogP contribution is 2.35. The highest BCUT2D eigenvalue weighted by atomic mass is 35.5. The minimum absolute atomic E-state index is 0.662. The Balaban J connectivity index is 1.91. The second-order valence-electron chi connectivity index (χ2n) is 4.76. The molecule has 2 N–H and O–H groups in total. The molecule has 0 atom stereocenters. The molecule has 3 rings (SSSR count). The number of anilines is 2. The van der Waals surface area contributed by atoms with Gasteiger partial charge >= 0.3 is 0 Å². The molecule has 2 nitrogen and oxygen atoms in total. The molecule has 0 fully saturated rings. The van der Waals surface area contributed by atoms with Crippen molar-refractivity contribution in [3.8, 4) is 0 Å². The van der Waals surface area contributed by atoms with Crippen LogP contribution in [-0.2, 0) is 13.0 Å². The molecule has 0 bridgehead atoms. The summed E-state index contributed by atoms with van der Waals surface area (Å²) in [5, 5.41) is 1.37. The van der Waals surface area contributed by atoms with E-state index in [0.29, 0.717) is 10.0 Å². The molecule has 0 radical (unpaired) electrons. The van der Waals surface area contributed by atoms with Gasteiger partial charge in [0.1, 0.15) is 0 Å². The van der Waals surface area contributed by atoms with Crippen LogP contribution in [0.3, 0.4) is 0 Å². The minimum atomic E-state index is 0.662. The van der Waals surface area contributed by atoms with Crippen molar-refractivity contribution in [3.63, 3.8) is 0 Å². The first-order chi connectivity index (χ1) is 9.15. The molecular formula is C15H14Cl2N2. The number of nitrogens with two attached hydrogens (primary N) is 1. The number of fused-ring (bicyclic) bond motifs is 1. The number of benzene rings is 2. The summed E-state index contributed by atoms with van der Waals surface area (Å²) in [5.74, 6) is 0. The summed E-state index contributed by atoms with van der Waals surface area (Å²) in [7, 11) is 0. The van der Waals surface area contributed by atoms with Gasteiger partial charge in [0.15, 0.2) is 0 Å². The third-order valence-corrected chi connectivity index (χ3v) is 4.08. The fourth-order valence-corrected chi connectivity index (χ4v) is 3.05. The maximum Gasteiger partial charge on any atom is 0.0636 e. The first kappa shape index (κ1) is 12.6. The Kier molecular flexibility index (Phi) is 3.29.